The maximum atomic E-state index is 12.4. The molecule has 1 heterocycles. The Morgan fingerprint density at radius 3 is 2.46 bits per heavy atom. The highest BCUT2D eigenvalue weighted by molar-refractivity contribution is 6.32. The summed E-state index contributed by atoms with van der Waals surface area (Å²) in [6, 6.07) is 1.67. The van der Waals surface area contributed by atoms with Crippen molar-refractivity contribution < 1.29 is 33.3 Å². The second-order valence-corrected chi connectivity index (χ2v) is 6.11. The Labute approximate surface area is 166 Å². The van der Waals surface area contributed by atoms with Crippen molar-refractivity contribution in [2.45, 2.75) is 19.9 Å². The molecule has 152 valence electrons. The van der Waals surface area contributed by atoms with Crippen LogP contribution < -0.4 is 20.1 Å². The largest absolute Gasteiger partial charge is 0.493 e. The molecule has 0 unspecified atom stereocenters. The Morgan fingerprint density at radius 1 is 1.14 bits per heavy atom. The van der Waals surface area contributed by atoms with Crippen LogP contribution in [0.5, 0.6) is 11.5 Å². The third kappa shape index (κ3) is 4.66. The summed E-state index contributed by atoms with van der Waals surface area (Å²) in [5.41, 5.74) is 0.448. The van der Waals surface area contributed by atoms with Crippen molar-refractivity contribution in [1.82, 2.24) is 10.6 Å². The Bertz CT molecular complexity index is 822. The number of methoxy groups -OCH3 is 2. The van der Waals surface area contributed by atoms with Crippen molar-refractivity contribution in [2.24, 2.45) is 0 Å². The first-order valence-electron chi connectivity index (χ1n) is 8.38. The summed E-state index contributed by atoms with van der Waals surface area (Å²) in [6.07, 6.45) is 0. The fraction of sp³-hybridized carbons (Fsp3) is 0.389. The first-order valence-corrected chi connectivity index (χ1v) is 8.76. The molecule has 10 heteroatoms. The van der Waals surface area contributed by atoms with E-state index in [4.69, 9.17) is 30.5 Å². The first kappa shape index (κ1) is 21.4. The minimum absolute atomic E-state index is 0.120. The van der Waals surface area contributed by atoms with Gasteiger partial charge < -0.3 is 29.6 Å². The Hall–Kier alpha value is -2.94. The number of ether oxygens (including phenoxy) is 4. The molecule has 0 bridgehead atoms. The average Bonchev–Trinajstić information content (AvgIpc) is 2.64. The van der Waals surface area contributed by atoms with Gasteiger partial charge in [-0.25, -0.2) is 14.4 Å². The third-order valence-corrected chi connectivity index (χ3v) is 4.16. The van der Waals surface area contributed by atoms with Crippen LogP contribution in [0.15, 0.2) is 23.4 Å². The minimum atomic E-state index is -0.723. The number of amides is 2. The summed E-state index contributed by atoms with van der Waals surface area (Å²) in [5, 5.41) is 5.20. The van der Waals surface area contributed by atoms with Gasteiger partial charge in [0.1, 0.15) is 6.61 Å². The van der Waals surface area contributed by atoms with Crippen LogP contribution in [-0.4, -0.2) is 51.4 Å². The van der Waals surface area contributed by atoms with Crippen LogP contribution in [0, 0.1) is 0 Å². The van der Waals surface area contributed by atoms with Crippen LogP contribution in [0.3, 0.4) is 0 Å². The normalized spacial score (nSPS) is 16.0. The Balaban J connectivity index is 2.24. The molecule has 2 amide bonds. The number of hydrogen-bond donors (Lipinski definition) is 2. The van der Waals surface area contributed by atoms with Gasteiger partial charge in [-0.15, -0.1) is 0 Å². The molecule has 0 aromatic heterocycles. The number of esters is 2. The van der Waals surface area contributed by atoms with E-state index in [1.807, 2.05) is 0 Å². The van der Waals surface area contributed by atoms with E-state index in [9.17, 15) is 14.4 Å². The van der Waals surface area contributed by atoms with Crippen LogP contribution >= 0.6 is 11.6 Å². The zero-order chi connectivity index (χ0) is 20.8. The van der Waals surface area contributed by atoms with Crippen LogP contribution in [-0.2, 0) is 14.3 Å². The Morgan fingerprint density at radius 2 is 1.86 bits per heavy atom. The van der Waals surface area contributed by atoms with Gasteiger partial charge in [0.25, 0.3) is 0 Å². The van der Waals surface area contributed by atoms with E-state index in [0.717, 1.165) is 0 Å². The van der Waals surface area contributed by atoms with E-state index in [-0.39, 0.29) is 46.6 Å². The maximum Gasteiger partial charge on any atom is 0.338 e. The molecule has 1 atom stereocenters. The summed E-state index contributed by atoms with van der Waals surface area (Å²) < 4.78 is 20.5. The molecule has 2 rings (SSSR count). The van der Waals surface area contributed by atoms with Gasteiger partial charge in [-0.1, -0.05) is 11.6 Å². The summed E-state index contributed by atoms with van der Waals surface area (Å²) in [5.74, 6) is -0.786. The Kier molecular flexibility index (Phi) is 7.11. The molecule has 0 radical (unpaired) electrons. The van der Waals surface area contributed by atoms with Gasteiger partial charge in [0.2, 0.25) is 0 Å². The van der Waals surface area contributed by atoms with Gasteiger partial charge in [-0.05, 0) is 26.0 Å². The van der Waals surface area contributed by atoms with Crippen molar-refractivity contribution in [1.29, 1.82) is 0 Å². The SMILES string of the molecule is CCOC(=O)C1=C(COC(=O)c2cc(Cl)c(OC)c(OC)c2)NC(=O)N[C@@H]1C. The number of carbonyl (C=O) groups excluding carboxylic acids is 3. The zero-order valence-electron chi connectivity index (χ0n) is 15.9. The molecule has 28 heavy (non-hydrogen) atoms. The smallest absolute Gasteiger partial charge is 0.338 e. The van der Waals surface area contributed by atoms with Crippen LogP contribution in [0.2, 0.25) is 5.02 Å². The van der Waals surface area contributed by atoms with Crippen molar-refractivity contribution in [3.05, 3.63) is 34.0 Å². The molecule has 0 saturated heterocycles. The monoisotopic (exact) mass is 412 g/mol. The fourth-order valence-electron chi connectivity index (χ4n) is 2.65. The molecule has 0 fully saturated rings. The van der Waals surface area contributed by atoms with Gasteiger partial charge >= 0.3 is 18.0 Å². The molecule has 0 aliphatic carbocycles. The molecular formula is C18H21ClN2O7. The molecule has 1 aromatic rings. The quantitative estimate of drug-likeness (QED) is 0.659. The number of urea groups is 1. The van der Waals surface area contributed by atoms with Crippen molar-refractivity contribution in [3.63, 3.8) is 0 Å². The molecule has 1 aliphatic heterocycles. The molecular weight excluding hydrogens is 392 g/mol. The second kappa shape index (κ2) is 9.32. The predicted octanol–water partition coefficient (Wildman–Crippen LogP) is 2.03. The topological polar surface area (TPSA) is 112 Å². The number of carbonyl (C=O) groups is 3. The number of hydrogen-bond acceptors (Lipinski definition) is 7. The van der Waals surface area contributed by atoms with Crippen LogP contribution in [0.25, 0.3) is 0 Å². The van der Waals surface area contributed by atoms with E-state index >= 15 is 0 Å². The van der Waals surface area contributed by atoms with Crippen molar-refractivity contribution in [2.75, 3.05) is 27.4 Å². The number of nitrogens with one attached hydrogen (secondary N) is 2. The molecule has 9 nitrogen and oxygen atoms in total. The molecule has 1 aliphatic rings. The zero-order valence-corrected chi connectivity index (χ0v) is 16.6. The van der Waals surface area contributed by atoms with Gasteiger partial charge in [-0.2, -0.15) is 0 Å². The third-order valence-electron chi connectivity index (χ3n) is 3.88. The highest BCUT2D eigenvalue weighted by Crippen LogP contribution is 2.36. The lowest BCUT2D eigenvalue weighted by Crippen LogP contribution is -2.50. The number of halogens is 1. The van der Waals surface area contributed by atoms with Gasteiger partial charge in [0.05, 0.1) is 48.7 Å². The minimum Gasteiger partial charge on any atom is -0.493 e. The van der Waals surface area contributed by atoms with Crippen molar-refractivity contribution in [3.8, 4) is 11.5 Å². The van der Waals surface area contributed by atoms with Crippen LogP contribution in [0.1, 0.15) is 24.2 Å². The van der Waals surface area contributed by atoms with E-state index < -0.39 is 24.0 Å². The molecule has 0 saturated carbocycles. The lowest BCUT2D eigenvalue weighted by molar-refractivity contribution is -0.139. The van der Waals surface area contributed by atoms with E-state index in [2.05, 4.69) is 10.6 Å². The number of rotatable bonds is 7. The van der Waals surface area contributed by atoms with Crippen LogP contribution in [0.4, 0.5) is 4.79 Å². The van der Waals surface area contributed by atoms with Gasteiger partial charge in [0.15, 0.2) is 11.5 Å². The summed E-state index contributed by atoms with van der Waals surface area (Å²) in [7, 11) is 2.83. The summed E-state index contributed by atoms with van der Waals surface area (Å²) in [4.78, 5) is 36.3. The lowest BCUT2D eigenvalue weighted by atomic mass is 10.0. The average molecular weight is 413 g/mol. The van der Waals surface area contributed by atoms with Gasteiger partial charge in [0, 0.05) is 0 Å². The summed E-state index contributed by atoms with van der Waals surface area (Å²) >= 11 is 6.10. The molecule has 2 N–H and O–H groups in total. The maximum absolute atomic E-state index is 12.4. The lowest BCUT2D eigenvalue weighted by Gasteiger charge is -2.26. The first-order chi connectivity index (χ1) is 13.3. The van der Waals surface area contributed by atoms with Gasteiger partial charge in [-0.3, -0.25) is 0 Å². The predicted molar refractivity (Wildman–Crippen MR) is 99.6 cm³/mol. The summed E-state index contributed by atoms with van der Waals surface area (Å²) in [6.45, 7) is 3.12. The van der Waals surface area contributed by atoms with E-state index in [1.165, 1.54) is 26.4 Å². The fourth-order valence-corrected chi connectivity index (χ4v) is 2.94. The molecule has 1 aromatic carbocycles. The molecule has 0 spiro atoms. The second-order valence-electron chi connectivity index (χ2n) is 5.70. The van der Waals surface area contributed by atoms with E-state index in [0.29, 0.717) is 0 Å². The van der Waals surface area contributed by atoms with Crippen molar-refractivity contribution >= 4 is 29.6 Å². The highest BCUT2D eigenvalue weighted by atomic mass is 35.5. The number of benzene rings is 1. The van der Waals surface area contributed by atoms with E-state index in [1.54, 1.807) is 13.8 Å². The highest BCUT2D eigenvalue weighted by Gasteiger charge is 2.30. The standard InChI is InChI=1S/C18H21ClN2O7/c1-5-27-17(23)14-9(2)20-18(24)21-12(14)8-28-16(22)10-6-11(19)15(26-4)13(7-10)25-3/h6-7,9H,5,8H2,1-4H3,(H2,20,21,24)/t9-/m1/s1.